The lowest BCUT2D eigenvalue weighted by Crippen LogP contribution is -2.38. The van der Waals surface area contributed by atoms with Crippen LogP contribution in [0.25, 0.3) is 10.2 Å². The van der Waals surface area contributed by atoms with Crippen molar-refractivity contribution in [1.29, 1.82) is 0 Å². The summed E-state index contributed by atoms with van der Waals surface area (Å²) >= 11 is 1.43. The maximum Gasteiger partial charge on any atom is 0.329 e. The molecule has 3 rings (SSSR count). The fourth-order valence-corrected chi connectivity index (χ4v) is 3.77. The normalized spacial score (nSPS) is 17.4. The number of aryl methyl sites for hydroxylation is 1. The van der Waals surface area contributed by atoms with Crippen LogP contribution in [-0.2, 0) is 0 Å². The number of aromatic nitrogens is 2. The highest BCUT2D eigenvalue weighted by Gasteiger charge is 2.21. The van der Waals surface area contributed by atoms with Crippen molar-refractivity contribution >= 4 is 21.6 Å². The maximum atomic E-state index is 12.5. The Morgan fingerprint density at radius 1 is 1.28 bits per heavy atom. The molecule has 0 amide bonds. The number of nitrogens with one attached hydrogen (secondary N) is 1. The molecule has 0 unspecified atom stereocenters. The van der Waals surface area contributed by atoms with Gasteiger partial charge >= 0.3 is 5.69 Å². The Balaban J connectivity index is 2.24. The molecule has 1 aliphatic carbocycles. The van der Waals surface area contributed by atoms with Gasteiger partial charge in [-0.1, -0.05) is 19.3 Å². The van der Waals surface area contributed by atoms with E-state index >= 15 is 0 Å². The molecule has 1 N–H and O–H groups in total. The van der Waals surface area contributed by atoms with Gasteiger partial charge in [0.25, 0.3) is 5.56 Å². The average Bonchev–Trinajstić information content (AvgIpc) is 2.72. The lowest BCUT2D eigenvalue weighted by atomic mass is 9.95. The molecule has 18 heavy (non-hydrogen) atoms. The molecule has 0 aliphatic heterocycles. The minimum Gasteiger partial charge on any atom is -0.298 e. The average molecular weight is 264 g/mol. The summed E-state index contributed by atoms with van der Waals surface area (Å²) in [6, 6.07) is 0.0821. The van der Waals surface area contributed by atoms with Crippen molar-refractivity contribution in [3.8, 4) is 0 Å². The molecular weight excluding hydrogens is 248 g/mol. The van der Waals surface area contributed by atoms with Crippen molar-refractivity contribution in [1.82, 2.24) is 9.55 Å². The first-order valence-electron chi connectivity index (χ1n) is 6.41. The lowest BCUT2D eigenvalue weighted by molar-refractivity contribution is 0.338. The third-order valence-corrected chi connectivity index (χ3v) is 4.80. The summed E-state index contributed by atoms with van der Waals surface area (Å²) in [6.07, 6.45) is 5.31. The highest BCUT2D eigenvalue weighted by Crippen LogP contribution is 2.27. The molecule has 0 spiro atoms. The van der Waals surface area contributed by atoms with E-state index in [1.54, 1.807) is 0 Å². The summed E-state index contributed by atoms with van der Waals surface area (Å²) in [5.41, 5.74) is 0.599. The molecule has 2 heterocycles. The van der Waals surface area contributed by atoms with E-state index in [9.17, 15) is 9.59 Å². The minimum atomic E-state index is -0.249. The van der Waals surface area contributed by atoms with Gasteiger partial charge in [-0.15, -0.1) is 11.3 Å². The summed E-state index contributed by atoms with van der Waals surface area (Å²) in [6.45, 7) is 1.92. The smallest absolute Gasteiger partial charge is 0.298 e. The van der Waals surface area contributed by atoms with E-state index < -0.39 is 0 Å². The number of H-pyrrole nitrogens is 1. The second-order valence-electron chi connectivity index (χ2n) is 5.02. The number of thiophene rings is 1. The van der Waals surface area contributed by atoms with Gasteiger partial charge in [-0.2, -0.15) is 0 Å². The van der Waals surface area contributed by atoms with E-state index in [0.717, 1.165) is 31.2 Å². The van der Waals surface area contributed by atoms with Crippen LogP contribution in [0.1, 0.15) is 43.7 Å². The van der Waals surface area contributed by atoms with E-state index in [-0.39, 0.29) is 17.3 Å². The molecule has 2 aromatic rings. The SMILES string of the molecule is Cc1csc2[nH]c(=O)n(C3CCCCC3)c(=O)c12. The Morgan fingerprint density at radius 3 is 2.72 bits per heavy atom. The van der Waals surface area contributed by atoms with Crippen molar-refractivity contribution in [3.05, 3.63) is 31.8 Å². The molecule has 1 fully saturated rings. The second kappa shape index (κ2) is 4.39. The Morgan fingerprint density at radius 2 is 2.00 bits per heavy atom. The van der Waals surface area contributed by atoms with Crippen molar-refractivity contribution in [2.75, 3.05) is 0 Å². The number of hydrogen-bond acceptors (Lipinski definition) is 3. The van der Waals surface area contributed by atoms with Crippen LogP contribution < -0.4 is 11.2 Å². The van der Waals surface area contributed by atoms with Crippen molar-refractivity contribution in [2.24, 2.45) is 0 Å². The van der Waals surface area contributed by atoms with E-state index in [0.29, 0.717) is 10.2 Å². The van der Waals surface area contributed by atoms with Crippen molar-refractivity contribution in [3.63, 3.8) is 0 Å². The first-order chi connectivity index (χ1) is 8.68. The molecule has 0 saturated heterocycles. The molecule has 0 bridgehead atoms. The zero-order valence-electron chi connectivity index (χ0n) is 10.4. The van der Waals surface area contributed by atoms with Gasteiger partial charge in [0.15, 0.2) is 0 Å². The third-order valence-electron chi connectivity index (χ3n) is 3.79. The van der Waals surface area contributed by atoms with Gasteiger partial charge in [-0.3, -0.25) is 14.3 Å². The predicted octanol–water partition coefficient (Wildman–Crippen LogP) is 2.56. The van der Waals surface area contributed by atoms with Crippen LogP contribution in [0.3, 0.4) is 0 Å². The van der Waals surface area contributed by atoms with Gasteiger partial charge in [0.1, 0.15) is 4.83 Å². The summed E-state index contributed by atoms with van der Waals surface area (Å²) in [5.74, 6) is 0. The number of rotatable bonds is 1. The molecule has 5 heteroatoms. The molecule has 1 aliphatic rings. The standard InChI is InChI=1S/C13H16N2O2S/c1-8-7-18-11-10(8)12(16)15(13(17)14-11)9-5-3-2-4-6-9/h7,9H,2-6H2,1H3,(H,14,17). The first kappa shape index (κ1) is 11.7. The fourth-order valence-electron chi connectivity index (χ4n) is 2.84. The minimum absolute atomic E-state index is 0.0821. The Bertz CT molecular complexity index is 689. The van der Waals surface area contributed by atoms with Gasteiger partial charge in [0, 0.05) is 6.04 Å². The van der Waals surface area contributed by atoms with E-state index in [1.165, 1.54) is 22.3 Å². The van der Waals surface area contributed by atoms with Gasteiger partial charge in [0.2, 0.25) is 0 Å². The molecule has 4 nitrogen and oxygen atoms in total. The summed E-state index contributed by atoms with van der Waals surface area (Å²) in [7, 11) is 0. The monoisotopic (exact) mass is 264 g/mol. The molecule has 1 saturated carbocycles. The third kappa shape index (κ3) is 1.73. The predicted molar refractivity (Wildman–Crippen MR) is 73.6 cm³/mol. The van der Waals surface area contributed by atoms with E-state index in [1.807, 2.05) is 12.3 Å². The van der Waals surface area contributed by atoms with Crippen LogP contribution in [0.5, 0.6) is 0 Å². The summed E-state index contributed by atoms with van der Waals surface area (Å²) in [5, 5.41) is 2.61. The number of hydrogen-bond donors (Lipinski definition) is 1. The van der Waals surface area contributed by atoms with Crippen molar-refractivity contribution < 1.29 is 0 Å². The largest absolute Gasteiger partial charge is 0.329 e. The van der Waals surface area contributed by atoms with Gasteiger partial charge in [0.05, 0.1) is 5.39 Å². The second-order valence-corrected chi connectivity index (χ2v) is 5.90. The number of fused-ring (bicyclic) bond motifs is 1. The highest BCUT2D eigenvalue weighted by atomic mass is 32.1. The Labute approximate surface area is 108 Å². The molecule has 0 atom stereocenters. The topological polar surface area (TPSA) is 54.9 Å². The maximum absolute atomic E-state index is 12.5. The molecule has 96 valence electrons. The van der Waals surface area contributed by atoms with Crippen LogP contribution in [-0.4, -0.2) is 9.55 Å². The zero-order chi connectivity index (χ0) is 12.7. The van der Waals surface area contributed by atoms with E-state index in [2.05, 4.69) is 4.98 Å². The molecular formula is C13H16N2O2S. The number of nitrogens with zero attached hydrogens (tertiary/aromatic N) is 1. The molecule has 0 radical (unpaired) electrons. The van der Waals surface area contributed by atoms with E-state index in [4.69, 9.17) is 0 Å². The Hall–Kier alpha value is -1.36. The van der Waals surface area contributed by atoms with Gasteiger partial charge in [-0.25, -0.2) is 4.79 Å². The number of aromatic amines is 1. The van der Waals surface area contributed by atoms with Crippen LogP contribution in [0.15, 0.2) is 15.0 Å². The lowest BCUT2D eigenvalue weighted by Gasteiger charge is -2.22. The molecule has 2 aromatic heterocycles. The fraction of sp³-hybridized carbons (Fsp3) is 0.538. The summed E-state index contributed by atoms with van der Waals surface area (Å²) < 4.78 is 1.45. The quantitative estimate of drug-likeness (QED) is 0.860. The first-order valence-corrected chi connectivity index (χ1v) is 7.29. The van der Waals surface area contributed by atoms with Gasteiger partial charge in [-0.05, 0) is 30.7 Å². The van der Waals surface area contributed by atoms with Gasteiger partial charge < -0.3 is 0 Å². The van der Waals surface area contributed by atoms with Crippen LogP contribution >= 0.6 is 11.3 Å². The highest BCUT2D eigenvalue weighted by molar-refractivity contribution is 7.16. The summed E-state index contributed by atoms with van der Waals surface area (Å²) in [4.78, 5) is 28.1. The van der Waals surface area contributed by atoms with Crippen LogP contribution in [0.4, 0.5) is 0 Å². The van der Waals surface area contributed by atoms with Crippen LogP contribution in [0.2, 0.25) is 0 Å². The molecule has 0 aromatic carbocycles. The zero-order valence-corrected chi connectivity index (χ0v) is 11.2. The Kier molecular flexibility index (Phi) is 2.86. The van der Waals surface area contributed by atoms with Crippen LogP contribution in [0, 0.1) is 6.92 Å². The van der Waals surface area contributed by atoms with Crippen molar-refractivity contribution in [2.45, 2.75) is 45.1 Å².